The van der Waals surface area contributed by atoms with Gasteiger partial charge < -0.3 is 20.6 Å². The Hall–Kier alpha value is -2.61. The van der Waals surface area contributed by atoms with E-state index in [-0.39, 0.29) is 30.6 Å². The fourth-order valence-corrected chi connectivity index (χ4v) is 3.86. The number of carboxylic acid groups (broad SMARTS) is 1. The van der Waals surface area contributed by atoms with Gasteiger partial charge in [-0.2, -0.15) is 0 Å². The number of amides is 3. The number of anilines is 2. The number of piperidine rings is 1. The van der Waals surface area contributed by atoms with E-state index in [4.69, 9.17) is 5.11 Å². The highest BCUT2D eigenvalue weighted by molar-refractivity contribution is 5.95. The standard InChI is InChI=1S/C20H28N4O4/c1-2-23(13-19(26)27)17-11-15(12-17)22-20(28)21-14-6-5-7-16(10-14)24-9-4-3-8-18(24)25/h5-7,10,15,17H,2-4,8-9,11-13H2,1H3,(H,26,27)(H2,21,22,28). The maximum absolute atomic E-state index is 12.3. The molecule has 0 atom stereocenters. The van der Waals surface area contributed by atoms with Gasteiger partial charge in [-0.05, 0) is 50.4 Å². The van der Waals surface area contributed by atoms with E-state index in [0.29, 0.717) is 25.2 Å². The van der Waals surface area contributed by atoms with Crippen LogP contribution in [-0.2, 0) is 9.59 Å². The molecule has 0 bridgehead atoms. The van der Waals surface area contributed by atoms with E-state index in [1.54, 1.807) is 11.0 Å². The highest BCUT2D eigenvalue weighted by atomic mass is 16.4. The second-order valence-electron chi connectivity index (χ2n) is 7.43. The lowest BCUT2D eigenvalue weighted by atomic mass is 9.85. The molecule has 1 aromatic carbocycles. The van der Waals surface area contributed by atoms with Gasteiger partial charge in [0.15, 0.2) is 0 Å². The van der Waals surface area contributed by atoms with E-state index in [9.17, 15) is 14.4 Å². The van der Waals surface area contributed by atoms with Crippen LogP contribution in [0.1, 0.15) is 39.0 Å². The number of carbonyl (C=O) groups excluding carboxylic acids is 2. The van der Waals surface area contributed by atoms with E-state index in [2.05, 4.69) is 10.6 Å². The molecule has 2 fully saturated rings. The molecular formula is C20H28N4O4. The molecule has 28 heavy (non-hydrogen) atoms. The van der Waals surface area contributed by atoms with Gasteiger partial charge in [-0.25, -0.2) is 4.79 Å². The van der Waals surface area contributed by atoms with Crippen LogP contribution in [0, 0.1) is 0 Å². The van der Waals surface area contributed by atoms with E-state index < -0.39 is 5.97 Å². The van der Waals surface area contributed by atoms with Crippen LogP contribution < -0.4 is 15.5 Å². The number of hydrogen-bond acceptors (Lipinski definition) is 4. The molecular weight excluding hydrogens is 360 g/mol. The predicted octanol–water partition coefficient (Wildman–Crippen LogP) is 2.26. The van der Waals surface area contributed by atoms with E-state index >= 15 is 0 Å². The summed E-state index contributed by atoms with van der Waals surface area (Å²) in [6, 6.07) is 7.28. The second kappa shape index (κ2) is 9.05. The number of nitrogens with zero attached hydrogens (tertiary/aromatic N) is 2. The van der Waals surface area contributed by atoms with Crippen LogP contribution in [0.2, 0.25) is 0 Å². The zero-order valence-electron chi connectivity index (χ0n) is 16.2. The summed E-state index contributed by atoms with van der Waals surface area (Å²) >= 11 is 0. The molecule has 1 aromatic rings. The maximum Gasteiger partial charge on any atom is 0.319 e. The van der Waals surface area contributed by atoms with Crippen LogP contribution in [0.3, 0.4) is 0 Å². The molecule has 3 N–H and O–H groups in total. The smallest absolute Gasteiger partial charge is 0.319 e. The molecule has 152 valence electrons. The van der Waals surface area contributed by atoms with Crippen molar-refractivity contribution in [1.82, 2.24) is 10.2 Å². The van der Waals surface area contributed by atoms with Gasteiger partial charge in [-0.3, -0.25) is 14.5 Å². The van der Waals surface area contributed by atoms with Crippen molar-refractivity contribution >= 4 is 29.3 Å². The van der Waals surface area contributed by atoms with Crippen molar-refractivity contribution in [1.29, 1.82) is 0 Å². The molecule has 3 amide bonds. The minimum atomic E-state index is -0.830. The maximum atomic E-state index is 12.3. The van der Waals surface area contributed by atoms with Crippen molar-refractivity contribution < 1.29 is 19.5 Å². The zero-order valence-corrected chi connectivity index (χ0v) is 16.2. The number of urea groups is 1. The van der Waals surface area contributed by atoms with Gasteiger partial charge >= 0.3 is 12.0 Å². The Morgan fingerprint density at radius 1 is 1.29 bits per heavy atom. The molecule has 0 unspecified atom stereocenters. The van der Waals surface area contributed by atoms with Crippen molar-refractivity contribution in [2.24, 2.45) is 0 Å². The van der Waals surface area contributed by atoms with Crippen molar-refractivity contribution in [2.45, 2.75) is 51.1 Å². The highest BCUT2D eigenvalue weighted by Gasteiger charge is 2.34. The summed E-state index contributed by atoms with van der Waals surface area (Å²) in [6.07, 6.45) is 3.98. The zero-order chi connectivity index (χ0) is 20.1. The number of rotatable bonds is 7. The average molecular weight is 388 g/mol. The number of nitrogens with one attached hydrogen (secondary N) is 2. The number of aliphatic carboxylic acids is 1. The predicted molar refractivity (Wildman–Crippen MR) is 106 cm³/mol. The quantitative estimate of drug-likeness (QED) is 0.665. The summed E-state index contributed by atoms with van der Waals surface area (Å²) in [6.45, 7) is 3.36. The first kappa shape index (κ1) is 20.1. The lowest BCUT2D eigenvalue weighted by Crippen LogP contribution is -2.55. The second-order valence-corrected chi connectivity index (χ2v) is 7.43. The van der Waals surface area contributed by atoms with Gasteiger partial charge in [0.05, 0.1) is 6.54 Å². The van der Waals surface area contributed by atoms with Crippen molar-refractivity contribution in [2.75, 3.05) is 29.9 Å². The Morgan fingerprint density at radius 3 is 2.75 bits per heavy atom. The number of hydrogen-bond donors (Lipinski definition) is 3. The SMILES string of the molecule is CCN(CC(=O)O)C1CC(NC(=O)Nc2cccc(N3CCCCC3=O)c2)C1. The fraction of sp³-hybridized carbons (Fsp3) is 0.550. The van der Waals surface area contributed by atoms with Crippen LogP contribution in [-0.4, -0.2) is 59.6 Å². The Kier molecular flexibility index (Phi) is 6.51. The largest absolute Gasteiger partial charge is 0.480 e. The van der Waals surface area contributed by atoms with Gasteiger partial charge in [-0.15, -0.1) is 0 Å². The third kappa shape index (κ3) is 5.01. The van der Waals surface area contributed by atoms with Gasteiger partial charge in [0.1, 0.15) is 0 Å². The summed E-state index contributed by atoms with van der Waals surface area (Å²) in [5.74, 6) is -0.710. The van der Waals surface area contributed by atoms with Crippen molar-refractivity contribution in [3.8, 4) is 0 Å². The summed E-state index contributed by atoms with van der Waals surface area (Å²) in [7, 11) is 0. The summed E-state index contributed by atoms with van der Waals surface area (Å²) in [5.41, 5.74) is 1.45. The Balaban J connectivity index is 1.49. The number of carbonyl (C=O) groups is 3. The first-order chi connectivity index (χ1) is 13.5. The molecule has 0 aromatic heterocycles. The van der Waals surface area contributed by atoms with Crippen LogP contribution in [0.5, 0.6) is 0 Å². The highest BCUT2D eigenvalue weighted by Crippen LogP contribution is 2.26. The number of likely N-dealkylation sites (N-methyl/N-ethyl adjacent to an activating group) is 1. The van der Waals surface area contributed by atoms with Crippen LogP contribution in [0.4, 0.5) is 16.2 Å². The minimum absolute atomic E-state index is 0.0299. The lowest BCUT2D eigenvalue weighted by Gasteiger charge is -2.42. The first-order valence-corrected chi connectivity index (χ1v) is 9.90. The van der Waals surface area contributed by atoms with Gasteiger partial charge in [0.25, 0.3) is 0 Å². The van der Waals surface area contributed by atoms with Crippen LogP contribution in [0.15, 0.2) is 24.3 Å². The van der Waals surface area contributed by atoms with Gasteiger partial charge in [0, 0.05) is 36.4 Å². The first-order valence-electron chi connectivity index (χ1n) is 9.90. The molecule has 0 spiro atoms. The van der Waals surface area contributed by atoms with Crippen LogP contribution >= 0.6 is 0 Å². The Labute approximate surface area is 164 Å². The molecule has 3 rings (SSSR count). The molecule has 1 aliphatic heterocycles. The van der Waals surface area contributed by atoms with E-state index in [1.807, 2.05) is 30.0 Å². The fourth-order valence-electron chi connectivity index (χ4n) is 3.86. The van der Waals surface area contributed by atoms with Crippen molar-refractivity contribution in [3.63, 3.8) is 0 Å². The molecule has 2 aliphatic rings. The van der Waals surface area contributed by atoms with E-state index in [1.165, 1.54) is 0 Å². The molecule has 1 saturated carbocycles. The third-order valence-electron chi connectivity index (χ3n) is 5.45. The van der Waals surface area contributed by atoms with E-state index in [0.717, 1.165) is 31.4 Å². The molecule has 1 aliphatic carbocycles. The minimum Gasteiger partial charge on any atom is -0.480 e. The van der Waals surface area contributed by atoms with Crippen LogP contribution in [0.25, 0.3) is 0 Å². The molecule has 8 heteroatoms. The number of carboxylic acids is 1. The normalized spacial score (nSPS) is 21.9. The van der Waals surface area contributed by atoms with Gasteiger partial charge in [0.2, 0.25) is 5.91 Å². The lowest BCUT2D eigenvalue weighted by molar-refractivity contribution is -0.139. The number of benzene rings is 1. The summed E-state index contributed by atoms with van der Waals surface area (Å²) in [5, 5.41) is 14.7. The van der Waals surface area contributed by atoms with Gasteiger partial charge in [-0.1, -0.05) is 13.0 Å². The average Bonchev–Trinajstić information content (AvgIpc) is 2.63. The van der Waals surface area contributed by atoms with Crippen molar-refractivity contribution in [3.05, 3.63) is 24.3 Å². The monoisotopic (exact) mass is 388 g/mol. The molecule has 8 nitrogen and oxygen atoms in total. The Morgan fingerprint density at radius 2 is 2.07 bits per heavy atom. The summed E-state index contributed by atoms with van der Waals surface area (Å²) in [4.78, 5) is 38.9. The molecule has 1 heterocycles. The third-order valence-corrected chi connectivity index (χ3v) is 5.45. The molecule has 1 saturated heterocycles. The Bertz CT molecular complexity index is 733. The topological polar surface area (TPSA) is 102 Å². The molecule has 0 radical (unpaired) electrons. The summed E-state index contributed by atoms with van der Waals surface area (Å²) < 4.78 is 0.